The number of amides is 1. The maximum atomic E-state index is 12.9. The van der Waals surface area contributed by atoms with Gasteiger partial charge in [-0.05, 0) is 61.9 Å². The van der Waals surface area contributed by atoms with Gasteiger partial charge in [-0.1, -0.05) is 31.7 Å². The lowest BCUT2D eigenvalue weighted by Crippen LogP contribution is -2.37. The van der Waals surface area contributed by atoms with Gasteiger partial charge >= 0.3 is 0 Å². The first-order valence-electron chi connectivity index (χ1n) is 11.8. The predicted octanol–water partition coefficient (Wildman–Crippen LogP) is 5.49. The van der Waals surface area contributed by atoms with E-state index in [-0.39, 0.29) is 19.3 Å². The molecule has 0 saturated carbocycles. The van der Waals surface area contributed by atoms with Crippen LogP contribution in [0.4, 0.5) is 17.2 Å². The zero-order valence-electron chi connectivity index (χ0n) is 19.1. The summed E-state index contributed by atoms with van der Waals surface area (Å²) in [6.45, 7) is 1.67. The van der Waals surface area contributed by atoms with Crippen LogP contribution in [0.15, 0.2) is 72.9 Å². The highest BCUT2D eigenvalue weighted by atomic mass is 16.1. The van der Waals surface area contributed by atoms with Gasteiger partial charge < -0.3 is 16.0 Å². The molecule has 0 bridgehead atoms. The normalized spacial score (nSPS) is 15.4. The Morgan fingerprint density at radius 2 is 1.86 bits per heavy atom. The number of hydrogen-bond donors (Lipinski definition) is 4. The molecule has 1 saturated heterocycles. The van der Waals surface area contributed by atoms with Crippen molar-refractivity contribution in [1.29, 1.82) is 0 Å². The molecular formula is C28H29N7O. The molecule has 1 unspecified atom stereocenters. The number of nitrogens with zero attached hydrogens (tertiary/aromatic N) is 3. The summed E-state index contributed by atoms with van der Waals surface area (Å²) in [5, 5.41) is 18.9. The van der Waals surface area contributed by atoms with Crippen molar-refractivity contribution >= 4 is 44.9 Å². The molecule has 36 heavy (non-hydrogen) atoms. The van der Waals surface area contributed by atoms with Gasteiger partial charge in [-0.25, -0.2) is 9.97 Å². The number of nitrogens with one attached hydrogen (secondary N) is 4. The minimum absolute atomic E-state index is 0. The summed E-state index contributed by atoms with van der Waals surface area (Å²) in [6, 6.07) is 21.6. The lowest BCUT2D eigenvalue weighted by molar-refractivity contribution is -0.120. The number of carbonyl (C=O) groups excluding carboxylic acids is 1. The molecule has 1 amide bonds. The van der Waals surface area contributed by atoms with E-state index in [4.69, 9.17) is 9.97 Å². The SMILES string of the molecule is C.O=C(Nc1ccccc1-c1nc(Nc2ccc3[nH]ncc3c2)c2ccccc2n1)C1CCCNC1. The molecule has 6 rings (SSSR count). The lowest BCUT2D eigenvalue weighted by Gasteiger charge is -2.22. The molecule has 0 radical (unpaired) electrons. The second kappa shape index (κ2) is 10.1. The third kappa shape index (κ3) is 4.63. The molecule has 3 aromatic carbocycles. The standard InChI is InChI=1S/C27H25N7O.CH4/c35-27(17-6-5-13-28-15-17)32-24-10-4-2-8-21(24)26-31-23-9-3-1-7-20(23)25(33-26)30-19-11-12-22-18(14-19)16-29-34-22;/h1-4,7-12,14,16-17,28H,5-6,13,15H2,(H,29,34)(H,32,35)(H,30,31,33);1H4. The van der Waals surface area contributed by atoms with Crippen LogP contribution in [-0.2, 0) is 4.79 Å². The molecule has 3 heterocycles. The Kier molecular flexibility index (Phi) is 6.60. The average molecular weight is 480 g/mol. The van der Waals surface area contributed by atoms with E-state index in [0.29, 0.717) is 23.9 Å². The third-order valence-corrected chi connectivity index (χ3v) is 6.40. The van der Waals surface area contributed by atoms with Crippen LogP contribution >= 0.6 is 0 Å². The molecule has 5 aromatic rings. The van der Waals surface area contributed by atoms with Crippen molar-refractivity contribution in [1.82, 2.24) is 25.5 Å². The number of rotatable bonds is 5. The fourth-order valence-electron chi connectivity index (χ4n) is 4.55. The Morgan fingerprint density at radius 1 is 1.00 bits per heavy atom. The molecule has 8 nitrogen and oxygen atoms in total. The van der Waals surface area contributed by atoms with Crippen molar-refractivity contribution in [3.05, 3.63) is 72.9 Å². The second-order valence-electron chi connectivity index (χ2n) is 8.79. The fraction of sp³-hybridized carbons (Fsp3) is 0.214. The van der Waals surface area contributed by atoms with Crippen LogP contribution in [0, 0.1) is 5.92 Å². The smallest absolute Gasteiger partial charge is 0.228 e. The van der Waals surface area contributed by atoms with E-state index in [9.17, 15) is 4.79 Å². The second-order valence-corrected chi connectivity index (χ2v) is 8.79. The Hall–Kier alpha value is -4.30. The number of benzene rings is 3. The molecule has 1 atom stereocenters. The molecule has 2 aromatic heterocycles. The van der Waals surface area contributed by atoms with Crippen LogP contribution in [0.3, 0.4) is 0 Å². The first-order chi connectivity index (χ1) is 17.2. The molecule has 1 aliphatic heterocycles. The summed E-state index contributed by atoms with van der Waals surface area (Å²) in [6.07, 6.45) is 3.69. The number of fused-ring (bicyclic) bond motifs is 2. The first-order valence-corrected chi connectivity index (χ1v) is 11.8. The van der Waals surface area contributed by atoms with Crippen molar-refractivity contribution in [2.45, 2.75) is 20.3 Å². The number of hydrogen-bond acceptors (Lipinski definition) is 6. The number of anilines is 3. The summed E-state index contributed by atoms with van der Waals surface area (Å²) in [7, 11) is 0. The maximum absolute atomic E-state index is 12.9. The summed E-state index contributed by atoms with van der Waals surface area (Å²) >= 11 is 0. The summed E-state index contributed by atoms with van der Waals surface area (Å²) in [5.41, 5.74) is 4.19. The van der Waals surface area contributed by atoms with Crippen molar-refractivity contribution in [2.24, 2.45) is 5.92 Å². The van der Waals surface area contributed by atoms with E-state index in [0.717, 1.165) is 52.4 Å². The van der Waals surface area contributed by atoms with Gasteiger partial charge in [0.25, 0.3) is 0 Å². The van der Waals surface area contributed by atoms with E-state index in [1.54, 1.807) is 6.20 Å². The van der Waals surface area contributed by atoms with Gasteiger partial charge in [0.05, 0.1) is 28.8 Å². The zero-order valence-corrected chi connectivity index (χ0v) is 19.1. The van der Waals surface area contributed by atoms with Crippen LogP contribution in [0.5, 0.6) is 0 Å². The Labute approximate surface area is 209 Å². The Bertz CT molecular complexity index is 1520. The van der Waals surface area contributed by atoms with Crippen LogP contribution < -0.4 is 16.0 Å². The maximum Gasteiger partial charge on any atom is 0.228 e. The van der Waals surface area contributed by atoms with Crippen LogP contribution in [0.25, 0.3) is 33.2 Å². The van der Waals surface area contributed by atoms with Crippen LogP contribution in [0.2, 0.25) is 0 Å². The molecule has 1 fully saturated rings. The van der Waals surface area contributed by atoms with Crippen LogP contribution in [-0.4, -0.2) is 39.2 Å². The minimum atomic E-state index is -0.0376. The quantitative estimate of drug-likeness (QED) is 0.265. The zero-order chi connectivity index (χ0) is 23.6. The highest BCUT2D eigenvalue weighted by Gasteiger charge is 2.22. The van der Waals surface area contributed by atoms with Gasteiger partial charge in [-0.2, -0.15) is 5.10 Å². The molecule has 0 spiro atoms. The number of H-pyrrole nitrogens is 1. The topological polar surface area (TPSA) is 108 Å². The lowest BCUT2D eigenvalue weighted by atomic mass is 9.98. The highest BCUT2D eigenvalue weighted by molar-refractivity contribution is 5.98. The van der Waals surface area contributed by atoms with E-state index < -0.39 is 0 Å². The van der Waals surface area contributed by atoms with Gasteiger partial charge in [0.15, 0.2) is 5.82 Å². The molecule has 0 aliphatic carbocycles. The van der Waals surface area contributed by atoms with Crippen molar-refractivity contribution in [2.75, 3.05) is 23.7 Å². The number of aromatic amines is 1. The summed E-state index contributed by atoms with van der Waals surface area (Å²) in [4.78, 5) is 22.7. The van der Waals surface area contributed by atoms with Crippen molar-refractivity contribution in [3.63, 3.8) is 0 Å². The van der Waals surface area contributed by atoms with E-state index in [1.807, 2.05) is 66.7 Å². The Morgan fingerprint density at radius 3 is 2.75 bits per heavy atom. The monoisotopic (exact) mass is 479 g/mol. The number of aromatic nitrogens is 4. The Balaban J connectivity index is 0.00000267. The van der Waals surface area contributed by atoms with Crippen LogP contribution in [0.1, 0.15) is 20.3 Å². The fourth-order valence-corrected chi connectivity index (χ4v) is 4.55. The third-order valence-electron chi connectivity index (χ3n) is 6.40. The molecule has 182 valence electrons. The molecule has 8 heteroatoms. The highest BCUT2D eigenvalue weighted by Crippen LogP contribution is 2.31. The molecule has 4 N–H and O–H groups in total. The number of carbonyl (C=O) groups is 1. The van der Waals surface area contributed by atoms with Crippen molar-refractivity contribution < 1.29 is 4.79 Å². The average Bonchev–Trinajstić information content (AvgIpc) is 3.37. The predicted molar refractivity (Wildman–Crippen MR) is 145 cm³/mol. The summed E-state index contributed by atoms with van der Waals surface area (Å²) < 4.78 is 0. The first kappa shape index (κ1) is 23.4. The van der Waals surface area contributed by atoms with E-state index in [1.165, 1.54) is 0 Å². The van der Waals surface area contributed by atoms with E-state index in [2.05, 4.69) is 26.1 Å². The van der Waals surface area contributed by atoms with Gasteiger partial charge in [-0.15, -0.1) is 0 Å². The molecular weight excluding hydrogens is 450 g/mol. The van der Waals surface area contributed by atoms with Gasteiger partial charge in [0, 0.05) is 28.6 Å². The summed E-state index contributed by atoms with van der Waals surface area (Å²) in [5.74, 6) is 1.24. The van der Waals surface area contributed by atoms with E-state index >= 15 is 0 Å². The number of piperidine rings is 1. The largest absolute Gasteiger partial charge is 0.340 e. The number of para-hydroxylation sites is 2. The minimum Gasteiger partial charge on any atom is -0.340 e. The van der Waals surface area contributed by atoms with Gasteiger partial charge in [-0.3, -0.25) is 9.89 Å². The van der Waals surface area contributed by atoms with Gasteiger partial charge in [0.1, 0.15) is 5.82 Å². The van der Waals surface area contributed by atoms with Crippen molar-refractivity contribution in [3.8, 4) is 11.4 Å². The molecule has 1 aliphatic rings. The van der Waals surface area contributed by atoms with Gasteiger partial charge in [0.2, 0.25) is 5.91 Å².